The van der Waals surface area contributed by atoms with Gasteiger partial charge in [-0.2, -0.15) is 0 Å². The van der Waals surface area contributed by atoms with Crippen LogP contribution in [0.25, 0.3) is 22.6 Å². The smallest absolute Gasteiger partial charge is 0.332 e. The highest BCUT2D eigenvalue weighted by Gasteiger charge is 2.20. The zero-order chi connectivity index (χ0) is 23.8. The molecule has 0 saturated carbocycles. The Morgan fingerprint density at radius 2 is 1.94 bits per heavy atom. The minimum atomic E-state index is -0.535. The van der Waals surface area contributed by atoms with Crippen molar-refractivity contribution in [1.29, 1.82) is 0 Å². The van der Waals surface area contributed by atoms with Crippen LogP contribution in [0.2, 0.25) is 0 Å². The van der Waals surface area contributed by atoms with E-state index < -0.39 is 11.2 Å². The Hall–Kier alpha value is -4.06. The fraction of sp³-hybridized carbons (Fsp3) is 0.227. The summed E-state index contributed by atoms with van der Waals surface area (Å²) in [7, 11) is 2.91. The Morgan fingerprint density at radius 1 is 1.12 bits per heavy atom. The number of nitrogens with one attached hydrogen (secondary N) is 1. The summed E-state index contributed by atoms with van der Waals surface area (Å²) in [5, 5.41) is 3.28. The van der Waals surface area contributed by atoms with E-state index in [1.54, 1.807) is 18.2 Å². The van der Waals surface area contributed by atoms with Gasteiger partial charge in [0.15, 0.2) is 28.7 Å². The lowest BCUT2D eigenvalue weighted by atomic mass is 10.2. The van der Waals surface area contributed by atoms with Crippen LogP contribution in [0.3, 0.4) is 0 Å². The number of benzene rings is 1. The monoisotopic (exact) mass is 481 g/mol. The van der Waals surface area contributed by atoms with E-state index in [9.17, 15) is 14.4 Å². The summed E-state index contributed by atoms with van der Waals surface area (Å²) < 4.78 is 18.3. The molecule has 0 unspecified atom stereocenters. The number of thioether (sulfide) groups is 1. The number of rotatable bonds is 6. The number of aromatic nitrogens is 4. The minimum Gasteiger partial charge on any atom is -0.461 e. The first kappa shape index (κ1) is 21.8. The highest BCUT2D eigenvalue weighted by Crippen LogP contribution is 2.32. The number of ether oxygens (including phenoxy) is 2. The third-order valence-electron chi connectivity index (χ3n) is 5.27. The Bertz CT molecular complexity index is 1530. The van der Waals surface area contributed by atoms with Gasteiger partial charge in [-0.25, -0.2) is 14.8 Å². The van der Waals surface area contributed by atoms with E-state index in [4.69, 9.17) is 13.9 Å². The number of fused-ring (bicyclic) bond motifs is 2. The highest BCUT2D eigenvalue weighted by atomic mass is 32.2. The zero-order valence-electron chi connectivity index (χ0n) is 18.2. The molecule has 174 valence electrons. The van der Waals surface area contributed by atoms with E-state index in [-0.39, 0.29) is 40.3 Å². The van der Waals surface area contributed by atoms with Crippen LogP contribution in [0, 0.1) is 0 Å². The molecular formula is C22H19N5O6S. The summed E-state index contributed by atoms with van der Waals surface area (Å²) in [6.07, 6.45) is 1.47. The fourth-order valence-corrected chi connectivity index (χ4v) is 4.33. The molecule has 1 aliphatic heterocycles. The minimum absolute atomic E-state index is 0.000253. The molecule has 3 aromatic heterocycles. The second-order valence-electron chi connectivity index (χ2n) is 7.49. The summed E-state index contributed by atoms with van der Waals surface area (Å²) >= 11 is 1.08. The van der Waals surface area contributed by atoms with Gasteiger partial charge in [0, 0.05) is 20.6 Å². The van der Waals surface area contributed by atoms with Crippen molar-refractivity contribution < 1.29 is 18.7 Å². The van der Waals surface area contributed by atoms with E-state index in [1.165, 1.54) is 24.9 Å². The van der Waals surface area contributed by atoms with Gasteiger partial charge >= 0.3 is 5.69 Å². The van der Waals surface area contributed by atoms with E-state index >= 15 is 0 Å². The molecule has 12 heteroatoms. The van der Waals surface area contributed by atoms with Crippen molar-refractivity contribution >= 4 is 28.7 Å². The molecule has 0 aliphatic carbocycles. The molecule has 1 aromatic carbocycles. The number of furan rings is 1. The van der Waals surface area contributed by atoms with Gasteiger partial charge in [0.05, 0.1) is 12.0 Å². The lowest BCUT2D eigenvalue weighted by Gasteiger charge is -2.11. The quantitative estimate of drug-likeness (QED) is 0.321. The van der Waals surface area contributed by atoms with Crippen molar-refractivity contribution in [2.75, 3.05) is 12.5 Å². The molecule has 0 bridgehead atoms. The number of aryl methyl sites for hydroxylation is 1. The van der Waals surface area contributed by atoms with Gasteiger partial charge < -0.3 is 19.2 Å². The average Bonchev–Trinajstić information content (AvgIpc) is 3.55. The van der Waals surface area contributed by atoms with Crippen LogP contribution in [0.15, 0.2) is 55.6 Å². The zero-order valence-corrected chi connectivity index (χ0v) is 19.0. The molecule has 1 aliphatic rings. The third-order valence-corrected chi connectivity index (χ3v) is 6.25. The second kappa shape index (κ2) is 8.71. The molecule has 5 rings (SSSR count). The van der Waals surface area contributed by atoms with Gasteiger partial charge in [0.1, 0.15) is 10.4 Å². The Kier molecular flexibility index (Phi) is 5.57. The molecule has 0 atom stereocenters. The van der Waals surface area contributed by atoms with Crippen LogP contribution in [0.5, 0.6) is 11.5 Å². The molecule has 1 amide bonds. The Labute approximate surface area is 196 Å². The van der Waals surface area contributed by atoms with Crippen LogP contribution >= 0.6 is 11.8 Å². The molecule has 11 nitrogen and oxygen atoms in total. The molecule has 0 radical (unpaired) electrons. The lowest BCUT2D eigenvalue weighted by Crippen LogP contribution is -2.37. The first-order valence-electron chi connectivity index (χ1n) is 10.2. The maximum absolute atomic E-state index is 12.9. The maximum Gasteiger partial charge on any atom is 0.332 e. The number of carbonyl (C=O) groups is 1. The molecule has 0 fully saturated rings. The van der Waals surface area contributed by atoms with Gasteiger partial charge in [-0.05, 0) is 29.8 Å². The molecule has 0 saturated heterocycles. The molecule has 4 aromatic rings. The topological polar surface area (TPSA) is 130 Å². The van der Waals surface area contributed by atoms with Crippen molar-refractivity contribution in [2.45, 2.75) is 11.6 Å². The number of hydrogen-bond donors (Lipinski definition) is 1. The van der Waals surface area contributed by atoms with Crippen LogP contribution in [-0.4, -0.2) is 37.6 Å². The summed E-state index contributed by atoms with van der Waals surface area (Å²) in [6.45, 7) is 0.480. The Balaban J connectivity index is 1.40. The molecular weight excluding hydrogens is 462 g/mol. The van der Waals surface area contributed by atoms with Gasteiger partial charge in [0.2, 0.25) is 12.7 Å². The number of carbonyl (C=O) groups excluding carboxylic acids is 1. The third kappa shape index (κ3) is 3.92. The van der Waals surface area contributed by atoms with Crippen molar-refractivity contribution in [3.63, 3.8) is 0 Å². The second-order valence-corrected chi connectivity index (χ2v) is 8.45. The average molecular weight is 481 g/mol. The molecule has 34 heavy (non-hydrogen) atoms. The summed E-state index contributed by atoms with van der Waals surface area (Å²) in [5.41, 5.74) is -0.0248. The van der Waals surface area contributed by atoms with Crippen LogP contribution in [-0.2, 0) is 25.4 Å². The van der Waals surface area contributed by atoms with Crippen molar-refractivity contribution in [2.24, 2.45) is 14.1 Å². The van der Waals surface area contributed by atoms with Crippen LogP contribution in [0.1, 0.15) is 5.56 Å². The van der Waals surface area contributed by atoms with E-state index in [0.29, 0.717) is 23.8 Å². The van der Waals surface area contributed by atoms with Crippen LogP contribution in [0.4, 0.5) is 0 Å². The van der Waals surface area contributed by atoms with Crippen LogP contribution < -0.4 is 26.0 Å². The summed E-state index contributed by atoms with van der Waals surface area (Å²) in [4.78, 5) is 46.7. The normalized spacial score (nSPS) is 12.3. The number of amides is 1. The summed E-state index contributed by atoms with van der Waals surface area (Å²) in [6, 6.07) is 8.81. The first-order valence-corrected chi connectivity index (χ1v) is 11.2. The van der Waals surface area contributed by atoms with Gasteiger partial charge in [0.25, 0.3) is 5.56 Å². The number of nitrogens with zero attached hydrogens (tertiary/aromatic N) is 4. The maximum atomic E-state index is 12.9. The Morgan fingerprint density at radius 3 is 2.74 bits per heavy atom. The van der Waals surface area contributed by atoms with Gasteiger partial charge in [-0.1, -0.05) is 17.8 Å². The van der Waals surface area contributed by atoms with Crippen molar-refractivity contribution in [1.82, 2.24) is 24.4 Å². The van der Waals surface area contributed by atoms with E-state index in [1.807, 2.05) is 12.1 Å². The first-order chi connectivity index (χ1) is 16.4. The SMILES string of the molecule is Cn1c(=O)c2c(SCC(=O)NCc3ccc4c(c3)OCO4)nc(-c3ccco3)nc2n(C)c1=O. The lowest BCUT2D eigenvalue weighted by molar-refractivity contribution is -0.118. The summed E-state index contributed by atoms with van der Waals surface area (Å²) in [5.74, 6) is 1.65. The van der Waals surface area contributed by atoms with E-state index in [0.717, 1.165) is 21.9 Å². The van der Waals surface area contributed by atoms with Crippen molar-refractivity contribution in [3.8, 4) is 23.1 Å². The largest absolute Gasteiger partial charge is 0.461 e. The molecule has 1 N–H and O–H groups in total. The molecule has 0 spiro atoms. The highest BCUT2D eigenvalue weighted by molar-refractivity contribution is 8.00. The van der Waals surface area contributed by atoms with E-state index in [2.05, 4.69) is 15.3 Å². The fourth-order valence-electron chi connectivity index (χ4n) is 3.49. The standard InChI is InChI=1S/C22H19N5O6S/c1-26-19-17(21(29)27(2)22(26)30)20(25-18(24-19)14-4-3-7-31-14)34-10-16(28)23-9-12-5-6-13-15(8-12)33-11-32-13/h3-8H,9-11H2,1-2H3,(H,23,28). The predicted molar refractivity (Wildman–Crippen MR) is 123 cm³/mol. The van der Waals surface area contributed by atoms with Gasteiger partial charge in [-0.15, -0.1) is 0 Å². The number of hydrogen-bond acceptors (Lipinski definition) is 9. The molecule has 4 heterocycles. The van der Waals surface area contributed by atoms with Crippen molar-refractivity contribution in [3.05, 3.63) is 63.0 Å². The predicted octanol–water partition coefficient (Wildman–Crippen LogP) is 1.42. The van der Waals surface area contributed by atoms with Gasteiger partial charge in [-0.3, -0.25) is 18.7 Å².